The molecule has 156 valence electrons. The zero-order valence-electron chi connectivity index (χ0n) is 16.1. The first-order valence-electron chi connectivity index (χ1n) is 9.02. The summed E-state index contributed by atoms with van der Waals surface area (Å²) in [7, 11) is -2.51. The first-order valence-corrected chi connectivity index (χ1v) is 11.8. The lowest BCUT2D eigenvalue weighted by molar-refractivity contribution is -0.121. The largest absolute Gasteiger partial charge is 0.329 e. The number of anilines is 2. The van der Waals surface area contributed by atoms with Crippen molar-refractivity contribution in [1.29, 1.82) is 0 Å². The number of amides is 3. The van der Waals surface area contributed by atoms with Crippen molar-refractivity contribution >= 4 is 56.7 Å². The van der Waals surface area contributed by atoms with Crippen LogP contribution in [0.5, 0.6) is 0 Å². The monoisotopic (exact) mass is 463 g/mol. The Morgan fingerprint density at radius 3 is 2.67 bits per heavy atom. The molecule has 30 heavy (non-hydrogen) atoms. The molecule has 0 spiro atoms. The molecule has 2 aliphatic heterocycles. The predicted molar refractivity (Wildman–Crippen MR) is 118 cm³/mol. The van der Waals surface area contributed by atoms with E-state index in [0.717, 1.165) is 14.8 Å². The van der Waals surface area contributed by atoms with Gasteiger partial charge in [-0.2, -0.15) is 0 Å². The van der Waals surface area contributed by atoms with Gasteiger partial charge >= 0.3 is 6.03 Å². The zero-order valence-corrected chi connectivity index (χ0v) is 18.5. The van der Waals surface area contributed by atoms with E-state index in [1.54, 1.807) is 29.7 Å². The number of carbonyl (C=O) groups excluding carboxylic acids is 2. The van der Waals surface area contributed by atoms with E-state index in [2.05, 4.69) is 5.32 Å². The molecular formula is C20H18ClN3O4S2. The third kappa shape index (κ3) is 3.46. The van der Waals surface area contributed by atoms with Gasteiger partial charge < -0.3 is 5.32 Å². The van der Waals surface area contributed by atoms with Crippen molar-refractivity contribution in [1.82, 2.24) is 5.32 Å². The average molecular weight is 464 g/mol. The minimum Gasteiger partial charge on any atom is -0.324 e. The molecule has 2 aromatic carbocycles. The maximum atomic E-state index is 13.2. The fraction of sp³-hybridized carbons (Fsp3) is 0.200. The number of sulfonamides is 1. The van der Waals surface area contributed by atoms with E-state index in [4.69, 9.17) is 11.6 Å². The highest BCUT2D eigenvalue weighted by Gasteiger charge is 2.43. The Kier molecular flexibility index (Phi) is 5.29. The minimum absolute atomic E-state index is 0.0293. The molecule has 2 atom stereocenters. The van der Waals surface area contributed by atoms with E-state index in [1.807, 2.05) is 13.0 Å². The van der Waals surface area contributed by atoms with E-state index in [9.17, 15) is 18.0 Å². The quantitative estimate of drug-likeness (QED) is 0.746. The second kappa shape index (κ2) is 7.64. The maximum Gasteiger partial charge on any atom is 0.329 e. The molecule has 0 aromatic heterocycles. The van der Waals surface area contributed by atoms with Crippen molar-refractivity contribution in [3.05, 3.63) is 64.5 Å². The first kappa shape index (κ1) is 20.8. The molecule has 2 aromatic rings. The second-order valence-corrected chi connectivity index (χ2v) is 10.4. The number of nitrogens with one attached hydrogen (secondary N) is 1. The van der Waals surface area contributed by atoms with Crippen molar-refractivity contribution in [3.63, 3.8) is 0 Å². The molecule has 4 rings (SSSR count). The van der Waals surface area contributed by atoms with Gasteiger partial charge in [-0.3, -0.25) is 9.10 Å². The Balaban J connectivity index is 1.74. The Hall–Kier alpha value is -2.49. The van der Waals surface area contributed by atoms with Gasteiger partial charge in [0.1, 0.15) is 0 Å². The van der Waals surface area contributed by atoms with E-state index < -0.39 is 27.9 Å². The molecule has 10 heteroatoms. The van der Waals surface area contributed by atoms with Crippen LogP contribution in [0.4, 0.5) is 16.2 Å². The summed E-state index contributed by atoms with van der Waals surface area (Å²) in [5.74, 6) is -0.979. The van der Waals surface area contributed by atoms with E-state index >= 15 is 0 Å². The number of benzene rings is 2. The van der Waals surface area contributed by atoms with Gasteiger partial charge in [-0.25, -0.2) is 18.1 Å². The van der Waals surface area contributed by atoms with Crippen LogP contribution in [-0.4, -0.2) is 32.8 Å². The number of halogens is 1. The number of urea groups is 1. The van der Waals surface area contributed by atoms with Crippen molar-refractivity contribution in [2.75, 3.05) is 16.3 Å². The molecular weight excluding hydrogens is 446 g/mol. The molecule has 1 saturated heterocycles. The van der Waals surface area contributed by atoms with E-state index in [0.29, 0.717) is 5.69 Å². The van der Waals surface area contributed by atoms with Crippen molar-refractivity contribution in [3.8, 4) is 0 Å². The number of hydrogen-bond acceptors (Lipinski definition) is 5. The van der Waals surface area contributed by atoms with Gasteiger partial charge in [-0.15, -0.1) is 11.8 Å². The number of rotatable bonds is 4. The predicted octanol–water partition coefficient (Wildman–Crippen LogP) is 3.73. The third-order valence-corrected chi connectivity index (χ3v) is 8.11. The number of carbonyl (C=O) groups is 2. The number of thioether (sulfide) groups is 1. The average Bonchev–Trinajstić information content (AvgIpc) is 3.17. The Bertz CT molecular complexity index is 1180. The lowest BCUT2D eigenvalue weighted by atomic mass is 10.1. The summed E-state index contributed by atoms with van der Waals surface area (Å²) in [5.41, 5.74) is 1.44. The van der Waals surface area contributed by atoms with E-state index in [1.165, 1.54) is 37.0 Å². The molecule has 2 heterocycles. The van der Waals surface area contributed by atoms with E-state index in [-0.39, 0.29) is 21.0 Å². The van der Waals surface area contributed by atoms with Gasteiger partial charge in [0.2, 0.25) is 5.91 Å². The Labute approximate surface area is 183 Å². The smallest absolute Gasteiger partial charge is 0.324 e. The molecule has 3 amide bonds. The number of nitrogens with zero attached hydrogens (tertiary/aromatic N) is 2. The number of fused-ring (bicyclic) bond motifs is 1. The fourth-order valence-corrected chi connectivity index (χ4v) is 5.73. The van der Waals surface area contributed by atoms with Crippen LogP contribution in [-0.2, 0) is 14.8 Å². The minimum atomic E-state index is -3.95. The number of aryl methyl sites for hydroxylation is 1. The summed E-state index contributed by atoms with van der Waals surface area (Å²) in [6.07, 6.45) is 1.71. The molecule has 1 N–H and O–H groups in total. The molecule has 2 unspecified atom stereocenters. The molecule has 2 aliphatic rings. The topological polar surface area (TPSA) is 86.8 Å². The molecule has 0 bridgehead atoms. The third-order valence-electron chi connectivity index (χ3n) is 4.99. The van der Waals surface area contributed by atoms with Crippen LogP contribution < -0.4 is 14.5 Å². The summed E-state index contributed by atoms with van der Waals surface area (Å²) in [4.78, 5) is 26.3. The van der Waals surface area contributed by atoms with Crippen LogP contribution in [0.3, 0.4) is 0 Å². The number of hydrogen-bond donors (Lipinski definition) is 1. The molecule has 0 aliphatic carbocycles. The zero-order chi connectivity index (χ0) is 21.6. The standard InChI is InChI=1S/C20H18ClN3O4S2/c1-12-4-3-5-13(10-12)23(2)30(27,28)14-6-7-16(21)17(11-14)24-19(25)15-8-9-29-18(15)22-20(24)26/h3-11,15,18H,1-2H3,(H,22,26). The molecule has 0 radical (unpaired) electrons. The highest BCUT2D eigenvalue weighted by Crippen LogP contribution is 2.37. The van der Waals surface area contributed by atoms with Crippen LogP contribution in [0.25, 0.3) is 0 Å². The molecule has 0 saturated carbocycles. The molecule has 1 fully saturated rings. The SMILES string of the molecule is Cc1cccc(N(C)S(=O)(=O)c2ccc(Cl)c(N3C(=O)NC4SC=CC4C3=O)c2)c1. The van der Waals surface area contributed by atoms with Crippen LogP contribution in [0, 0.1) is 12.8 Å². The van der Waals surface area contributed by atoms with Crippen LogP contribution >= 0.6 is 23.4 Å². The summed E-state index contributed by atoms with van der Waals surface area (Å²) < 4.78 is 27.6. The second-order valence-electron chi connectivity index (χ2n) is 6.96. The lowest BCUT2D eigenvalue weighted by Crippen LogP contribution is -2.58. The van der Waals surface area contributed by atoms with Crippen molar-refractivity contribution < 1.29 is 18.0 Å². The number of imide groups is 1. The fourth-order valence-electron chi connectivity index (χ4n) is 3.34. The van der Waals surface area contributed by atoms with Gasteiger partial charge in [0, 0.05) is 7.05 Å². The van der Waals surface area contributed by atoms with Gasteiger partial charge in [-0.05, 0) is 48.2 Å². The highest BCUT2D eigenvalue weighted by atomic mass is 35.5. The summed E-state index contributed by atoms with van der Waals surface area (Å²) in [5, 5.41) is 4.24. The van der Waals surface area contributed by atoms with Crippen molar-refractivity contribution in [2.45, 2.75) is 17.2 Å². The van der Waals surface area contributed by atoms with Crippen LogP contribution in [0.2, 0.25) is 5.02 Å². The van der Waals surface area contributed by atoms with Crippen molar-refractivity contribution in [2.24, 2.45) is 5.92 Å². The van der Waals surface area contributed by atoms with Gasteiger partial charge in [-0.1, -0.05) is 29.8 Å². The highest BCUT2D eigenvalue weighted by molar-refractivity contribution is 8.03. The summed E-state index contributed by atoms with van der Waals surface area (Å²) in [6.45, 7) is 1.87. The Morgan fingerprint density at radius 1 is 1.17 bits per heavy atom. The van der Waals surface area contributed by atoms with Gasteiger partial charge in [0.05, 0.1) is 32.6 Å². The summed E-state index contributed by atoms with van der Waals surface area (Å²) >= 11 is 7.61. The Morgan fingerprint density at radius 2 is 1.93 bits per heavy atom. The van der Waals surface area contributed by atoms with Gasteiger partial charge in [0.15, 0.2) is 0 Å². The maximum absolute atomic E-state index is 13.2. The van der Waals surface area contributed by atoms with Crippen LogP contribution in [0.15, 0.2) is 58.8 Å². The van der Waals surface area contributed by atoms with Crippen LogP contribution in [0.1, 0.15) is 5.56 Å². The normalized spacial score (nSPS) is 20.8. The molecule has 7 nitrogen and oxygen atoms in total. The van der Waals surface area contributed by atoms with Gasteiger partial charge in [0.25, 0.3) is 10.0 Å². The summed E-state index contributed by atoms with van der Waals surface area (Å²) in [6, 6.07) is 10.4. The lowest BCUT2D eigenvalue weighted by Gasteiger charge is -2.33. The first-order chi connectivity index (χ1) is 14.2.